The highest BCUT2D eigenvalue weighted by Crippen LogP contribution is 2.25. The maximum atomic E-state index is 13.2. The van der Waals surface area contributed by atoms with Gasteiger partial charge in [0.25, 0.3) is 0 Å². The van der Waals surface area contributed by atoms with Crippen molar-refractivity contribution in [3.63, 3.8) is 0 Å². The number of H-pyrrole nitrogens is 1. The van der Waals surface area contributed by atoms with Gasteiger partial charge in [-0.2, -0.15) is 5.10 Å². The molecule has 6 heteroatoms. The number of aromatic amines is 1. The summed E-state index contributed by atoms with van der Waals surface area (Å²) >= 11 is 0. The molecule has 0 saturated carbocycles. The number of aromatic nitrogens is 2. The Hall–Kier alpha value is -1.92. The van der Waals surface area contributed by atoms with Crippen LogP contribution in [0.25, 0.3) is 0 Å². The molecule has 1 aromatic carbocycles. The summed E-state index contributed by atoms with van der Waals surface area (Å²) in [4.78, 5) is 2.19. The maximum Gasteiger partial charge on any atom is 0.126 e. The van der Waals surface area contributed by atoms with Gasteiger partial charge in [-0.15, -0.1) is 0 Å². The van der Waals surface area contributed by atoms with Crippen LogP contribution in [0, 0.1) is 19.7 Å². The van der Waals surface area contributed by atoms with Gasteiger partial charge in [-0.05, 0) is 32.4 Å². The zero-order valence-corrected chi connectivity index (χ0v) is 13.5. The topological polar surface area (TPSA) is 61.4 Å². The number of hydrogen-bond donors (Lipinski definition) is 2. The van der Waals surface area contributed by atoms with Gasteiger partial charge in [-0.3, -0.25) is 10.00 Å². The molecular formula is C17H22FN3O2. The second kappa shape index (κ2) is 6.29. The standard InChI is InChI=1S/C17H22FN3O2/c1-12-16(13(2)20-19-12)9-21-7-6-17(22,10-21)11-23-15-5-3-4-14(18)8-15/h3-5,8,22H,6-7,9-11H2,1-2H3,(H,19,20). The van der Waals surface area contributed by atoms with Crippen molar-refractivity contribution < 1.29 is 14.2 Å². The number of benzene rings is 1. The smallest absolute Gasteiger partial charge is 0.126 e. The molecule has 0 radical (unpaired) electrons. The van der Waals surface area contributed by atoms with Crippen LogP contribution in [0.3, 0.4) is 0 Å². The van der Waals surface area contributed by atoms with E-state index in [1.807, 2.05) is 13.8 Å². The number of β-amino-alcohol motifs (C(OH)–C–C–N with tert-alkyl or cyclic N) is 1. The summed E-state index contributed by atoms with van der Waals surface area (Å²) in [6.45, 7) is 6.24. The number of nitrogens with zero attached hydrogens (tertiary/aromatic N) is 2. The number of aryl methyl sites for hydroxylation is 2. The first-order chi connectivity index (χ1) is 11.0. The second-order valence-electron chi connectivity index (χ2n) is 6.34. The third-order valence-corrected chi connectivity index (χ3v) is 4.38. The molecule has 2 N–H and O–H groups in total. The van der Waals surface area contributed by atoms with E-state index in [0.29, 0.717) is 18.7 Å². The first-order valence-corrected chi connectivity index (χ1v) is 7.79. The normalized spacial score (nSPS) is 21.7. The van der Waals surface area contributed by atoms with E-state index in [4.69, 9.17) is 4.74 Å². The van der Waals surface area contributed by atoms with Gasteiger partial charge in [0.15, 0.2) is 0 Å². The molecule has 1 aliphatic rings. The van der Waals surface area contributed by atoms with Gasteiger partial charge in [0, 0.05) is 37.0 Å². The van der Waals surface area contributed by atoms with Crippen molar-refractivity contribution in [1.29, 1.82) is 0 Å². The predicted octanol–water partition coefficient (Wildman–Crippen LogP) is 2.18. The fourth-order valence-corrected chi connectivity index (χ4v) is 3.00. The van der Waals surface area contributed by atoms with Crippen LogP contribution in [0.2, 0.25) is 0 Å². The van der Waals surface area contributed by atoms with Crippen LogP contribution in [0.5, 0.6) is 5.75 Å². The number of hydrogen-bond acceptors (Lipinski definition) is 4. The van der Waals surface area contributed by atoms with Gasteiger partial charge in [0.2, 0.25) is 0 Å². The summed E-state index contributed by atoms with van der Waals surface area (Å²) in [6.07, 6.45) is 0.637. The Kier molecular flexibility index (Phi) is 4.37. The molecule has 0 bridgehead atoms. The van der Waals surface area contributed by atoms with Crippen molar-refractivity contribution in [2.75, 3.05) is 19.7 Å². The molecule has 1 unspecified atom stereocenters. The largest absolute Gasteiger partial charge is 0.490 e. The van der Waals surface area contributed by atoms with Gasteiger partial charge < -0.3 is 9.84 Å². The predicted molar refractivity (Wildman–Crippen MR) is 84.8 cm³/mol. The summed E-state index contributed by atoms with van der Waals surface area (Å²) in [5.74, 6) is 0.104. The summed E-state index contributed by atoms with van der Waals surface area (Å²) in [5, 5.41) is 17.9. The lowest BCUT2D eigenvalue weighted by Gasteiger charge is -2.23. The van der Waals surface area contributed by atoms with E-state index in [9.17, 15) is 9.50 Å². The lowest BCUT2D eigenvalue weighted by molar-refractivity contribution is 0.00326. The van der Waals surface area contributed by atoms with Crippen LogP contribution >= 0.6 is 0 Å². The molecule has 1 atom stereocenters. The molecule has 0 spiro atoms. The fraction of sp³-hybridized carbons (Fsp3) is 0.471. The van der Waals surface area contributed by atoms with Crippen LogP contribution in [-0.4, -0.2) is 45.5 Å². The van der Waals surface area contributed by atoms with E-state index in [1.165, 1.54) is 17.7 Å². The van der Waals surface area contributed by atoms with Crippen molar-refractivity contribution in [3.8, 4) is 5.75 Å². The van der Waals surface area contributed by atoms with Gasteiger partial charge in [-0.1, -0.05) is 6.07 Å². The molecule has 0 amide bonds. The number of aliphatic hydroxyl groups is 1. The molecule has 1 aromatic heterocycles. The van der Waals surface area contributed by atoms with Crippen LogP contribution in [-0.2, 0) is 6.54 Å². The Labute approximate surface area is 135 Å². The highest BCUT2D eigenvalue weighted by molar-refractivity contribution is 5.24. The third-order valence-electron chi connectivity index (χ3n) is 4.38. The van der Waals surface area contributed by atoms with E-state index < -0.39 is 5.60 Å². The number of rotatable bonds is 5. The maximum absolute atomic E-state index is 13.2. The van der Waals surface area contributed by atoms with Crippen LogP contribution in [0.4, 0.5) is 4.39 Å². The lowest BCUT2D eigenvalue weighted by atomic mass is 10.1. The summed E-state index contributed by atoms with van der Waals surface area (Å²) in [7, 11) is 0. The van der Waals surface area contributed by atoms with Gasteiger partial charge >= 0.3 is 0 Å². The van der Waals surface area contributed by atoms with Crippen molar-refractivity contribution in [1.82, 2.24) is 15.1 Å². The number of ether oxygens (including phenoxy) is 1. The van der Waals surface area contributed by atoms with Crippen LogP contribution in [0.15, 0.2) is 24.3 Å². The van der Waals surface area contributed by atoms with Crippen molar-refractivity contribution >= 4 is 0 Å². The summed E-state index contributed by atoms with van der Waals surface area (Å²) < 4.78 is 18.7. The minimum atomic E-state index is -0.905. The van der Waals surface area contributed by atoms with Crippen LogP contribution in [0.1, 0.15) is 23.4 Å². The van der Waals surface area contributed by atoms with Crippen molar-refractivity contribution in [3.05, 3.63) is 47.0 Å². The zero-order chi connectivity index (χ0) is 16.4. The Bertz CT molecular complexity index is 669. The highest BCUT2D eigenvalue weighted by Gasteiger charge is 2.37. The Balaban J connectivity index is 1.57. The SMILES string of the molecule is Cc1n[nH]c(C)c1CN1CCC(O)(COc2cccc(F)c2)C1. The minimum absolute atomic E-state index is 0.163. The molecule has 1 fully saturated rings. The molecule has 2 heterocycles. The molecule has 23 heavy (non-hydrogen) atoms. The molecule has 1 saturated heterocycles. The first-order valence-electron chi connectivity index (χ1n) is 7.79. The quantitative estimate of drug-likeness (QED) is 0.887. The van der Waals surface area contributed by atoms with E-state index in [0.717, 1.165) is 24.5 Å². The Morgan fingerprint density at radius 3 is 2.96 bits per heavy atom. The molecule has 2 aromatic rings. The Morgan fingerprint density at radius 2 is 2.26 bits per heavy atom. The Morgan fingerprint density at radius 1 is 1.43 bits per heavy atom. The van der Waals surface area contributed by atoms with E-state index in [1.54, 1.807) is 12.1 Å². The molecule has 5 nitrogen and oxygen atoms in total. The fourth-order valence-electron chi connectivity index (χ4n) is 3.00. The summed E-state index contributed by atoms with van der Waals surface area (Å²) in [5.41, 5.74) is 2.33. The molecular weight excluding hydrogens is 297 g/mol. The van der Waals surface area contributed by atoms with Gasteiger partial charge in [0.1, 0.15) is 23.8 Å². The molecule has 124 valence electrons. The third kappa shape index (κ3) is 3.71. The molecule has 0 aliphatic carbocycles. The number of likely N-dealkylation sites (tertiary alicyclic amines) is 1. The minimum Gasteiger partial charge on any atom is -0.490 e. The monoisotopic (exact) mass is 319 g/mol. The van der Waals surface area contributed by atoms with E-state index in [2.05, 4.69) is 15.1 Å². The van der Waals surface area contributed by atoms with Crippen molar-refractivity contribution in [2.24, 2.45) is 0 Å². The van der Waals surface area contributed by atoms with Crippen molar-refractivity contribution in [2.45, 2.75) is 32.4 Å². The average Bonchev–Trinajstić information content (AvgIpc) is 3.04. The number of nitrogens with one attached hydrogen (secondary N) is 1. The average molecular weight is 319 g/mol. The van der Waals surface area contributed by atoms with Crippen LogP contribution < -0.4 is 4.74 Å². The first kappa shape index (κ1) is 16.0. The van der Waals surface area contributed by atoms with E-state index >= 15 is 0 Å². The molecule has 1 aliphatic heterocycles. The van der Waals surface area contributed by atoms with Gasteiger partial charge in [0.05, 0.1) is 5.69 Å². The lowest BCUT2D eigenvalue weighted by Crippen LogP contribution is -2.39. The zero-order valence-electron chi connectivity index (χ0n) is 13.5. The van der Waals surface area contributed by atoms with E-state index in [-0.39, 0.29) is 12.4 Å². The second-order valence-corrected chi connectivity index (χ2v) is 6.34. The highest BCUT2D eigenvalue weighted by atomic mass is 19.1. The summed E-state index contributed by atoms with van der Waals surface area (Å²) in [6, 6.07) is 5.99. The number of halogens is 1. The van der Waals surface area contributed by atoms with Gasteiger partial charge in [-0.25, -0.2) is 4.39 Å². The molecule has 3 rings (SSSR count).